The molecule has 0 fully saturated rings. The molecule has 2 rings (SSSR count). The Labute approximate surface area is 165 Å². The molecular formula is C18H20ClF3N4O2. The molecule has 0 bridgehead atoms. The molecule has 152 valence electrons. The second-order valence-electron chi connectivity index (χ2n) is 5.52. The topological polar surface area (TPSA) is 67.8 Å². The van der Waals surface area contributed by atoms with Crippen LogP contribution >= 0.6 is 11.6 Å². The number of ether oxygens (including phenoxy) is 2. The molecule has 2 aromatic rings. The lowest BCUT2D eigenvalue weighted by molar-refractivity contribution is -0.137. The zero-order valence-corrected chi connectivity index (χ0v) is 16.1. The Morgan fingerprint density at radius 1 is 1.25 bits per heavy atom. The minimum absolute atomic E-state index is 0.0616. The number of alkyl halides is 3. The third-order valence-corrected chi connectivity index (χ3v) is 3.90. The number of nitrogens with one attached hydrogen (secondary N) is 2. The van der Waals surface area contributed by atoms with E-state index in [4.69, 9.17) is 21.1 Å². The second-order valence-corrected chi connectivity index (χ2v) is 5.93. The summed E-state index contributed by atoms with van der Waals surface area (Å²) in [5, 5.41) is 5.96. The molecule has 0 saturated heterocycles. The Bertz CT molecular complexity index is 816. The maximum atomic E-state index is 12.6. The molecule has 28 heavy (non-hydrogen) atoms. The fourth-order valence-corrected chi connectivity index (χ4v) is 2.47. The summed E-state index contributed by atoms with van der Waals surface area (Å²) < 4.78 is 48.4. The SMILES string of the molecule is CN=C(NCCOc1ncc(C(F)(F)F)cc1Cl)NCc1ccccc1OC. The predicted molar refractivity (Wildman–Crippen MR) is 101 cm³/mol. The monoisotopic (exact) mass is 416 g/mol. The standard InChI is InChI=1S/C18H20ClF3N4O2/c1-23-17(26-10-12-5-3-4-6-15(12)27-2)24-7-8-28-16-14(19)9-13(11-25-16)18(20,21)22/h3-6,9,11H,7-8,10H2,1-2H3,(H2,23,24,26). The fourth-order valence-electron chi connectivity index (χ4n) is 2.25. The van der Waals surface area contributed by atoms with E-state index in [1.807, 2.05) is 24.3 Å². The van der Waals surface area contributed by atoms with Crippen LogP contribution in [-0.2, 0) is 12.7 Å². The average Bonchev–Trinajstić information content (AvgIpc) is 2.67. The van der Waals surface area contributed by atoms with Crippen molar-refractivity contribution in [2.24, 2.45) is 4.99 Å². The first kappa shape index (κ1) is 21.6. The van der Waals surface area contributed by atoms with Crippen molar-refractivity contribution in [1.82, 2.24) is 15.6 Å². The summed E-state index contributed by atoms with van der Waals surface area (Å²) in [6.07, 6.45) is -3.82. The smallest absolute Gasteiger partial charge is 0.417 e. The van der Waals surface area contributed by atoms with Crippen molar-refractivity contribution in [2.75, 3.05) is 27.3 Å². The molecule has 0 atom stereocenters. The van der Waals surface area contributed by atoms with Gasteiger partial charge in [0.05, 0.1) is 19.2 Å². The van der Waals surface area contributed by atoms with Crippen molar-refractivity contribution >= 4 is 17.6 Å². The van der Waals surface area contributed by atoms with Gasteiger partial charge in [-0.15, -0.1) is 0 Å². The number of rotatable bonds is 7. The molecule has 0 saturated carbocycles. The molecule has 0 unspecified atom stereocenters. The highest BCUT2D eigenvalue weighted by atomic mass is 35.5. The maximum absolute atomic E-state index is 12.6. The van der Waals surface area contributed by atoms with Gasteiger partial charge in [0.1, 0.15) is 17.4 Å². The Kier molecular flexibility index (Phi) is 7.74. The third-order valence-electron chi connectivity index (χ3n) is 3.63. The molecule has 0 aliphatic carbocycles. The number of benzene rings is 1. The Balaban J connectivity index is 1.80. The van der Waals surface area contributed by atoms with E-state index in [1.54, 1.807) is 14.2 Å². The molecule has 1 aromatic carbocycles. The van der Waals surface area contributed by atoms with Crippen LogP contribution in [-0.4, -0.2) is 38.3 Å². The molecule has 1 aromatic heterocycles. The van der Waals surface area contributed by atoms with Crippen molar-refractivity contribution in [3.63, 3.8) is 0 Å². The van der Waals surface area contributed by atoms with Crippen LogP contribution in [0, 0.1) is 0 Å². The van der Waals surface area contributed by atoms with Crippen molar-refractivity contribution in [3.05, 3.63) is 52.7 Å². The molecule has 10 heteroatoms. The summed E-state index contributed by atoms with van der Waals surface area (Å²) in [4.78, 5) is 7.71. The highest BCUT2D eigenvalue weighted by molar-refractivity contribution is 6.31. The summed E-state index contributed by atoms with van der Waals surface area (Å²) in [5.74, 6) is 1.23. The maximum Gasteiger partial charge on any atom is 0.417 e. The van der Waals surface area contributed by atoms with Crippen LogP contribution in [0.2, 0.25) is 5.02 Å². The minimum Gasteiger partial charge on any atom is -0.496 e. The zero-order valence-electron chi connectivity index (χ0n) is 15.3. The number of aliphatic imine (C=N–C) groups is 1. The quantitative estimate of drug-likeness (QED) is 0.411. The van der Waals surface area contributed by atoms with E-state index >= 15 is 0 Å². The number of pyridine rings is 1. The highest BCUT2D eigenvalue weighted by Gasteiger charge is 2.31. The summed E-state index contributed by atoms with van der Waals surface area (Å²) in [6.45, 7) is 0.967. The van der Waals surface area contributed by atoms with Gasteiger partial charge >= 0.3 is 6.18 Å². The van der Waals surface area contributed by atoms with Gasteiger partial charge < -0.3 is 20.1 Å². The van der Waals surface area contributed by atoms with Gasteiger partial charge in [-0.05, 0) is 12.1 Å². The first-order valence-electron chi connectivity index (χ1n) is 8.27. The lowest BCUT2D eigenvalue weighted by Gasteiger charge is -2.14. The molecule has 0 amide bonds. The average molecular weight is 417 g/mol. The van der Waals surface area contributed by atoms with Gasteiger partial charge in [-0.3, -0.25) is 4.99 Å². The number of hydrogen-bond acceptors (Lipinski definition) is 4. The molecule has 0 spiro atoms. The number of halogens is 4. The van der Waals surface area contributed by atoms with Gasteiger partial charge in [0.15, 0.2) is 5.96 Å². The van der Waals surface area contributed by atoms with Crippen molar-refractivity contribution in [1.29, 1.82) is 0 Å². The van der Waals surface area contributed by atoms with Gasteiger partial charge in [-0.25, -0.2) is 4.98 Å². The fraction of sp³-hybridized carbons (Fsp3) is 0.333. The van der Waals surface area contributed by atoms with E-state index in [1.165, 1.54) is 0 Å². The number of nitrogens with zero attached hydrogens (tertiary/aromatic N) is 2. The van der Waals surface area contributed by atoms with Crippen molar-refractivity contribution < 1.29 is 22.6 Å². The molecule has 0 aliphatic heterocycles. The summed E-state index contributed by atoms with van der Waals surface area (Å²) in [7, 11) is 3.22. The Morgan fingerprint density at radius 2 is 2.00 bits per heavy atom. The lowest BCUT2D eigenvalue weighted by atomic mass is 10.2. The minimum atomic E-state index is -4.50. The number of hydrogen-bond donors (Lipinski definition) is 2. The Hall–Kier alpha value is -2.68. The molecule has 2 N–H and O–H groups in total. The van der Waals surface area contributed by atoms with E-state index in [0.717, 1.165) is 17.4 Å². The van der Waals surface area contributed by atoms with E-state index < -0.39 is 11.7 Å². The van der Waals surface area contributed by atoms with E-state index in [0.29, 0.717) is 25.2 Å². The van der Waals surface area contributed by atoms with Crippen LogP contribution in [0.15, 0.2) is 41.5 Å². The first-order valence-corrected chi connectivity index (χ1v) is 8.65. The van der Waals surface area contributed by atoms with Gasteiger partial charge in [-0.1, -0.05) is 29.8 Å². The van der Waals surface area contributed by atoms with Crippen LogP contribution in [0.5, 0.6) is 11.6 Å². The Morgan fingerprint density at radius 3 is 2.64 bits per heavy atom. The normalized spacial score (nSPS) is 11.9. The number of methoxy groups -OCH3 is 1. The first-order chi connectivity index (χ1) is 13.3. The third kappa shape index (κ3) is 6.19. The summed E-state index contributed by atoms with van der Waals surface area (Å²) in [5.41, 5.74) is 0.0360. The lowest BCUT2D eigenvalue weighted by Crippen LogP contribution is -2.39. The molecule has 0 radical (unpaired) electrons. The van der Waals surface area contributed by atoms with Gasteiger partial charge in [0.2, 0.25) is 5.88 Å². The summed E-state index contributed by atoms with van der Waals surface area (Å²) in [6, 6.07) is 8.37. The van der Waals surface area contributed by atoms with Crippen molar-refractivity contribution in [3.8, 4) is 11.6 Å². The van der Waals surface area contributed by atoms with Crippen LogP contribution in [0.25, 0.3) is 0 Å². The zero-order chi connectivity index (χ0) is 20.6. The van der Waals surface area contributed by atoms with Gasteiger partial charge in [0, 0.05) is 25.4 Å². The van der Waals surface area contributed by atoms with E-state index in [-0.39, 0.29) is 17.5 Å². The predicted octanol–water partition coefficient (Wildman–Crippen LogP) is 3.51. The second kappa shape index (κ2) is 10.0. The van der Waals surface area contributed by atoms with E-state index in [2.05, 4.69) is 20.6 Å². The van der Waals surface area contributed by atoms with Crippen LogP contribution in [0.4, 0.5) is 13.2 Å². The molecular weight excluding hydrogens is 397 g/mol. The van der Waals surface area contributed by atoms with Crippen LogP contribution in [0.3, 0.4) is 0 Å². The highest BCUT2D eigenvalue weighted by Crippen LogP contribution is 2.32. The largest absolute Gasteiger partial charge is 0.496 e. The molecule has 6 nitrogen and oxygen atoms in total. The van der Waals surface area contributed by atoms with Gasteiger partial charge in [-0.2, -0.15) is 13.2 Å². The number of para-hydroxylation sites is 1. The van der Waals surface area contributed by atoms with Crippen molar-refractivity contribution in [2.45, 2.75) is 12.7 Å². The molecule has 0 aliphatic rings. The van der Waals surface area contributed by atoms with Crippen LogP contribution < -0.4 is 20.1 Å². The molecule has 1 heterocycles. The summed E-state index contributed by atoms with van der Waals surface area (Å²) >= 11 is 5.79. The number of aromatic nitrogens is 1. The number of guanidine groups is 1. The van der Waals surface area contributed by atoms with Crippen LogP contribution in [0.1, 0.15) is 11.1 Å². The van der Waals surface area contributed by atoms with E-state index in [9.17, 15) is 13.2 Å². The van der Waals surface area contributed by atoms with Gasteiger partial charge in [0.25, 0.3) is 0 Å².